The Morgan fingerprint density at radius 1 is 0.636 bits per heavy atom. The van der Waals surface area contributed by atoms with Gasteiger partial charge in [-0.1, -0.05) is 95.3 Å². The normalized spacial score (nSPS) is 36.1. The van der Waals surface area contributed by atoms with Gasteiger partial charge in [0.1, 0.15) is 35.6 Å². The lowest BCUT2D eigenvalue weighted by Crippen LogP contribution is -2.60. The van der Waals surface area contributed by atoms with Gasteiger partial charge in [0.25, 0.3) is 0 Å². The Labute approximate surface area is 329 Å². The predicted octanol–water partition coefficient (Wildman–Crippen LogP) is 8.54. The van der Waals surface area contributed by atoms with Gasteiger partial charge in [-0.25, -0.2) is 0 Å². The van der Waals surface area contributed by atoms with Crippen LogP contribution in [-0.2, 0) is 55.5 Å². The molecule has 4 heterocycles. The number of ether oxygens (including phenoxy) is 8. The quantitative estimate of drug-likeness (QED) is 0.211. The third-order valence-corrected chi connectivity index (χ3v) is 17.7. The maximum atomic E-state index is 10.9. The largest absolute Gasteiger partial charge is 0.408 e. The number of aliphatic hydroxyl groups is 1. The topological polar surface area (TPSA) is 103 Å². The molecule has 8 rings (SSSR count). The highest BCUT2D eigenvalue weighted by molar-refractivity contribution is 6.74. The number of hydrogen-bond acceptors (Lipinski definition) is 10. The second kappa shape index (κ2) is 14.5. The van der Waals surface area contributed by atoms with Crippen LogP contribution in [0.2, 0.25) is 18.1 Å². The van der Waals surface area contributed by atoms with Crippen molar-refractivity contribution in [1.82, 2.24) is 0 Å². The van der Waals surface area contributed by atoms with Crippen LogP contribution in [0.3, 0.4) is 0 Å². The van der Waals surface area contributed by atoms with Crippen molar-refractivity contribution in [2.45, 2.75) is 203 Å². The molecule has 2 saturated carbocycles. The Kier molecular flexibility index (Phi) is 10.9. The fourth-order valence-corrected chi connectivity index (χ4v) is 10.7. The van der Waals surface area contributed by atoms with Crippen LogP contribution in [0.1, 0.15) is 112 Å². The number of benzene rings is 2. The Balaban J connectivity index is 0.000000174. The molecule has 2 aromatic carbocycles. The van der Waals surface area contributed by atoms with Crippen molar-refractivity contribution in [2.75, 3.05) is 0 Å². The number of fused-ring (bicyclic) bond motifs is 2. The Bertz CT molecular complexity index is 1620. The van der Waals surface area contributed by atoms with E-state index >= 15 is 0 Å². The summed E-state index contributed by atoms with van der Waals surface area (Å²) in [4.78, 5) is 0. The first-order valence-electron chi connectivity index (χ1n) is 20.5. The molecule has 0 aromatic heterocycles. The summed E-state index contributed by atoms with van der Waals surface area (Å²) in [6, 6.07) is 20.3. The van der Waals surface area contributed by atoms with E-state index < -0.39 is 49.3 Å². The summed E-state index contributed by atoms with van der Waals surface area (Å²) in [6.07, 6.45) is 2.75. The molecule has 55 heavy (non-hydrogen) atoms. The molecule has 1 N–H and O–H groups in total. The monoisotopic (exact) mass is 782 g/mol. The molecule has 2 aliphatic carbocycles. The first-order valence-corrected chi connectivity index (χ1v) is 23.5. The lowest BCUT2D eigenvalue weighted by Gasteiger charge is -2.48. The van der Waals surface area contributed by atoms with Gasteiger partial charge in [-0.05, 0) is 95.5 Å². The summed E-state index contributed by atoms with van der Waals surface area (Å²) >= 11 is 0. The molecule has 11 heteroatoms. The molecule has 0 spiro atoms. The average molecular weight is 783 g/mol. The Morgan fingerprint density at radius 3 is 1.44 bits per heavy atom. The van der Waals surface area contributed by atoms with Gasteiger partial charge in [0.2, 0.25) is 0 Å². The van der Waals surface area contributed by atoms with Crippen molar-refractivity contribution < 1.29 is 47.4 Å². The zero-order valence-corrected chi connectivity index (χ0v) is 36.0. The first-order chi connectivity index (χ1) is 25.7. The van der Waals surface area contributed by atoms with Crippen LogP contribution in [0.4, 0.5) is 0 Å². The van der Waals surface area contributed by atoms with E-state index in [0.29, 0.717) is 19.6 Å². The van der Waals surface area contributed by atoms with Crippen LogP contribution < -0.4 is 0 Å². The molecular formula is C44H66O10Si. The number of rotatable bonds is 12. The number of hydrogen-bond donors (Lipinski definition) is 1. The molecule has 6 fully saturated rings. The molecule has 2 unspecified atom stereocenters. The average Bonchev–Trinajstić information content (AvgIpc) is 3.95. The molecule has 0 radical (unpaired) electrons. The lowest BCUT2D eigenvalue weighted by molar-refractivity contribution is -0.270. The Hall–Kier alpha value is -1.74. The molecular weight excluding hydrogens is 717 g/mol. The molecule has 10 nitrogen and oxygen atoms in total. The highest BCUT2D eigenvalue weighted by Crippen LogP contribution is 2.62. The third-order valence-electron chi connectivity index (χ3n) is 13.2. The first kappa shape index (κ1) is 41.4. The van der Waals surface area contributed by atoms with Gasteiger partial charge in [-0.3, -0.25) is 0 Å². The fourth-order valence-electron chi connectivity index (χ4n) is 9.04. The summed E-state index contributed by atoms with van der Waals surface area (Å²) in [7, 11) is -2.01. The summed E-state index contributed by atoms with van der Waals surface area (Å²) in [6.45, 7) is 24.3. The molecule has 6 aliphatic rings. The molecule has 2 aromatic rings. The smallest absolute Gasteiger partial charge is 0.192 e. The van der Waals surface area contributed by atoms with Crippen molar-refractivity contribution in [1.29, 1.82) is 0 Å². The SMILES string of the molecule is CC[C@@]1(C2(O)CC2)O[C@@H]2OC(C)(C)O[C@H]2C1OCc1ccccc1.CC[C@@]1(C2(O[Si](C)(C)C(C)(C)C)CC2)O[C@@H]2OC(C)(C)O[C@H]2C1OCc1ccccc1. The standard InChI is InChI=1S/C25H40O5Si.C19H26O5/c1-9-25(24(15-16-24)30-31(7,8)22(2,3)4)20(26-17-18-13-11-10-12-14-18)19-21(29-25)28-23(5,6)27-19;1-4-19(18(20)10-11-18)15(21-12-13-8-6-5-7-9-13)14-16(24-19)23-17(2,3)22-14/h10-14,19-21H,9,15-17H2,1-8H3;5-9,14-16,20H,4,10-12H2,1-3H3/t19-,20?,21-,25+;14-,15?,16-,19+/m00/s1. The van der Waals surface area contributed by atoms with Crippen molar-refractivity contribution in [3.8, 4) is 0 Å². The van der Waals surface area contributed by atoms with E-state index in [1.165, 1.54) is 0 Å². The fraction of sp³-hybridized carbons (Fsp3) is 0.727. The maximum Gasteiger partial charge on any atom is 0.192 e. The van der Waals surface area contributed by atoms with Gasteiger partial charge in [0, 0.05) is 0 Å². The summed E-state index contributed by atoms with van der Waals surface area (Å²) in [5, 5.41) is 11.0. The van der Waals surface area contributed by atoms with Gasteiger partial charge in [-0.15, -0.1) is 0 Å². The highest BCUT2D eigenvalue weighted by atomic mass is 28.4. The van der Waals surface area contributed by atoms with Gasteiger partial charge in [0.05, 0.1) is 24.4 Å². The second-order valence-electron chi connectivity index (χ2n) is 19.0. The highest BCUT2D eigenvalue weighted by Gasteiger charge is 2.75. The van der Waals surface area contributed by atoms with Crippen molar-refractivity contribution >= 4 is 8.32 Å². The van der Waals surface area contributed by atoms with Crippen LogP contribution in [0.15, 0.2) is 60.7 Å². The zero-order valence-electron chi connectivity index (χ0n) is 35.0. The zero-order chi connectivity index (χ0) is 39.7. The van der Waals surface area contributed by atoms with E-state index in [-0.39, 0.29) is 35.1 Å². The van der Waals surface area contributed by atoms with Gasteiger partial charge in [0.15, 0.2) is 32.5 Å². The summed E-state index contributed by atoms with van der Waals surface area (Å²) in [5.41, 5.74) is -0.301. The summed E-state index contributed by atoms with van der Waals surface area (Å²) in [5.74, 6) is -1.38. The van der Waals surface area contributed by atoms with Crippen LogP contribution in [-0.4, -0.2) is 84.4 Å². The lowest BCUT2D eigenvalue weighted by atomic mass is 9.84. The van der Waals surface area contributed by atoms with E-state index in [1.54, 1.807) is 0 Å². The molecule has 4 aliphatic heterocycles. The minimum absolute atomic E-state index is 0.126. The van der Waals surface area contributed by atoms with E-state index in [9.17, 15) is 5.11 Å². The molecule has 8 atom stereocenters. The van der Waals surface area contributed by atoms with Crippen LogP contribution in [0.5, 0.6) is 0 Å². The van der Waals surface area contributed by atoms with Crippen molar-refractivity contribution in [3.63, 3.8) is 0 Å². The van der Waals surface area contributed by atoms with Gasteiger partial charge in [-0.2, -0.15) is 0 Å². The molecule has 4 saturated heterocycles. The molecule has 306 valence electrons. The van der Waals surface area contributed by atoms with E-state index in [4.69, 9.17) is 42.3 Å². The summed E-state index contributed by atoms with van der Waals surface area (Å²) < 4.78 is 57.5. The van der Waals surface area contributed by atoms with E-state index in [1.807, 2.05) is 83.1 Å². The third kappa shape index (κ3) is 7.66. The molecule has 0 bridgehead atoms. The second-order valence-corrected chi connectivity index (χ2v) is 23.7. The molecule has 0 amide bonds. The maximum absolute atomic E-state index is 10.9. The van der Waals surface area contributed by atoms with E-state index in [0.717, 1.165) is 43.2 Å². The van der Waals surface area contributed by atoms with Gasteiger partial charge < -0.3 is 47.4 Å². The minimum Gasteiger partial charge on any atom is -0.408 e. The van der Waals surface area contributed by atoms with Crippen LogP contribution in [0.25, 0.3) is 0 Å². The van der Waals surface area contributed by atoms with E-state index in [2.05, 4.69) is 52.9 Å². The minimum atomic E-state index is -2.01. The Morgan fingerprint density at radius 2 is 1.05 bits per heavy atom. The predicted molar refractivity (Wildman–Crippen MR) is 210 cm³/mol. The van der Waals surface area contributed by atoms with Gasteiger partial charge >= 0.3 is 0 Å². The van der Waals surface area contributed by atoms with Crippen molar-refractivity contribution in [3.05, 3.63) is 71.8 Å². The van der Waals surface area contributed by atoms with Crippen molar-refractivity contribution in [2.24, 2.45) is 0 Å². The van der Waals surface area contributed by atoms with Crippen LogP contribution >= 0.6 is 0 Å². The van der Waals surface area contributed by atoms with Crippen LogP contribution in [0, 0.1) is 0 Å².